The van der Waals surface area contributed by atoms with Crippen molar-refractivity contribution in [2.75, 3.05) is 0 Å². The highest BCUT2D eigenvalue weighted by Crippen LogP contribution is 2.28. The third kappa shape index (κ3) is 2.68. The summed E-state index contributed by atoms with van der Waals surface area (Å²) >= 11 is 1.64. The van der Waals surface area contributed by atoms with Crippen molar-refractivity contribution in [2.24, 2.45) is 0 Å². The summed E-state index contributed by atoms with van der Waals surface area (Å²) in [5, 5.41) is 11.6. The van der Waals surface area contributed by atoms with Gasteiger partial charge in [0.05, 0.1) is 14.8 Å². The van der Waals surface area contributed by atoms with E-state index in [9.17, 15) is 10.1 Å². The average Bonchev–Trinajstić information content (AvgIpc) is 2.78. The van der Waals surface area contributed by atoms with Gasteiger partial charge >= 0.3 is 0 Å². The fourth-order valence-electron chi connectivity index (χ4n) is 1.52. The van der Waals surface area contributed by atoms with Gasteiger partial charge in [-0.3, -0.25) is 10.1 Å². The van der Waals surface area contributed by atoms with Gasteiger partial charge < -0.3 is 0 Å². The van der Waals surface area contributed by atoms with Crippen LogP contribution in [0.5, 0.6) is 0 Å². The van der Waals surface area contributed by atoms with Crippen molar-refractivity contribution in [3.05, 3.63) is 45.6 Å². The zero-order valence-electron chi connectivity index (χ0n) is 9.42. The van der Waals surface area contributed by atoms with Gasteiger partial charge in [0.25, 0.3) is 5.69 Å². The third-order valence-electron chi connectivity index (χ3n) is 2.38. The first-order chi connectivity index (χ1) is 8.20. The van der Waals surface area contributed by atoms with Crippen LogP contribution in [-0.2, 0) is 6.42 Å². The van der Waals surface area contributed by atoms with Crippen molar-refractivity contribution in [1.82, 2.24) is 4.98 Å². The van der Waals surface area contributed by atoms with Gasteiger partial charge in [0.1, 0.15) is 0 Å². The van der Waals surface area contributed by atoms with Crippen molar-refractivity contribution >= 4 is 17.0 Å². The van der Waals surface area contributed by atoms with Crippen molar-refractivity contribution in [2.45, 2.75) is 19.8 Å². The number of nitrogens with zero attached hydrogens (tertiary/aromatic N) is 2. The van der Waals surface area contributed by atoms with Crippen LogP contribution in [0, 0.1) is 10.1 Å². The summed E-state index contributed by atoms with van der Waals surface area (Å²) in [5.74, 6) is 0. The maximum absolute atomic E-state index is 10.5. The minimum atomic E-state index is -0.390. The first kappa shape index (κ1) is 11.7. The molecule has 0 aliphatic heterocycles. The predicted octanol–water partition coefficient (Wildman–Crippen LogP) is 3.67. The Morgan fingerprint density at radius 2 is 2.06 bits per heavy atom. The van der Waals surface area contributed by atoms with Gasteiger partial charge in [0, 0.05) is 18.3 Å². The Balaban J connectivity index is 2.23. The number of hydrogen-bond acceptors (Lipinski definition) is 4. The fraction of sp³-hybridized carbons (Fsp3) is 0.250. The number of thiazole rings is 1. The normalized spacial score (nSPS) is 10.4. The summed E-state index contributed by atoms with van der Waals surface area (Å²) < 4.78 is 0. The number of nitro benzene ring substituents is 1. The van der Waals surface area contributed by atoms with Gasteiger partial charge in [-0.2, -0.15) is 0 Å². The highest BCUT2D eigenvalue weighted by atomic mass is 32.1. The molecule has 0 spiro atoms. The summed E-state index contributed by atoms with van der Waals surface area (Å²) in [7, 11) is 0. The van der Waals surface area contributed by atoms with Crippen LogP contribution in [0.2, 0.25) is 0 Å². The molecule has 1 aromatic carbocycles. The fourth-order valence-corrected chi connectivity index (χ4v) is 2.55. The van der Waals surface area contributed by atoms with E-state index in [0.29, 0.717) is 0 Å². The smallest absolute Gasteiger partial charge is 0.258 e. The molecule has 0 radical (unpaired) electrons. The molecule has 0 amide bonds. The van der Waals surface area contributed by atoms with E-state index in [-0.39, 0.29) is 10.6 Å². The Labute approximate surface area is 103 Å². The molecular weight excluding hydrogens is 236 g/mol. The molecule has 0 bridgehead atoms. The molecule has 0 unspecified atom stereocenters. The molecule has 17 heavy (non-hydrogen) atoms. The Bertz CT molecular complexity index is 520. The molecule has 2 aromatic rings. The van der Waals surface area contributed by atoms with E-state index in [4.69, 9.17) is 0 Å². The number of aryl methyl sites for hydroxylation is 1. The van der Waals surface area contributed by atoms with E-state index >= 15 is 0 Å². The number of hydrogen-bond donors (Lipinski definition) is 0. The molecule has 88 valence electrons. The Morgan fingerprint density at radius 3 is 2.65 bits per heavy atom. The van der Waals surface area contributed by atoms with Gasteiger partial charge in [-0.1, -0.05) is 6.92 Å². The van der Waals surface area contributed by atoms with E-state index in [1.807, 2.05) is 6.20 Å². The maximum Gasteiger partial charge on any atom is 0.269 e. The van der Waals surface area contributed by atoms with Crippen LogP contribution in [0.1, 0.15) is 18.4 Å². The van der Waals surface area contributed by atoms with E-state index in [0.717, 1.165) is 28.3 Å². The zero-order valence-corrected chi connectivity index (χ0v) is 10.2. The lowest BCUT2D eigenvalue weighted by molar-refractivity contribution is -0.384. The minimum absolute atomic E-state index is 0.118. The zero-order chi connectivity index (χ0) is 12.3. The largest absolute Gasteiger partial charge is 0.269 e. The molecule has 5 heteroatoms. The summed E-state index contributed by atoms with van der Waals surface area (Å²) in [6.07, 6.45) is 3.89. The van der Waals surface area contributed by atoms with Crippen molar-refractivity contribution in [3.63, 3.8) is 0 Å². The van der Waals surface area contributed by atoms with Gasteiger partial charge in [-0.05, 0) is 30.5 Å². The summed E-state index contributed by atoms with van der Waals surface area (Å²) in [6.45, 7) is 2.12. The molecule has 1 aromatic heterocycles. The Morgan fingerprint density at radius 1 is 1.35 bits per heavy atom. The Hall–Kier alpha value is -1.75. The van der Waals surface area contributed by atoms with Gasteiger partial charge in [0.2, 0.25) is 0 Å². The van der Waals surface area contributed by atoms with E-state index in [1.54, 1.807) is 23.5 Å². The molecule has 0 fully saturated rings. The average molecular weight is 248 g/mol. The SMILES string of the molecule is CCCc1ncc(-c2ccc([N+](=O)[O-])cc2)s1. The monoisotopic (exact) mass is 248 g/mol. The summed E-state index contributed by atoms with van der Waals surface area (Å²) in [6, 6.07) is 6.58. The number of rotatable bonds is 4. The number of non-ortho nitro benzene ring substituents is 1. The maximum atomic E-state index is 10.5. The highest BCUT2D eigenvalue weighted by molar-refractivity contribution is 7.15. The second-order valence-electron chi connectivity index (χ2n) is 3.67. The third-order valence-corrected chi connectivity index (χ3v) is 3.49. The highest BCUT2D eigenvalue weighted by Gasteiger charge is 2.07. The number of benzene rings is 1. The van der Waals surface area contributed by atoms with E-state index in [2.05, 4.69) is 11.9 Å². The molecule has 0 saturated carbocycles. The summed E-state index contributed by atoms with van der Waals surface area (Å²) in [4.78, 5) is 15.5. The molecule has 0 N–H and O–H groups in total. The van der Waals surface area contributed by atoms with Crippen molar-refractivity contribution in [3.8, 4) is 10.4 Å². The Kier molecular flexibility index (Phi) is 3.49. The van der Waals surface area contributed by atoms with E-state index < -0.39 is 0 Å². The lowest BCUT2D eigenvalue weighted by Gasteiger charge is -1.95. The topological polar surface area (TPSA) is 56.0 Å². The van der Waals surface area contributed by atoms with Crippen LogP contribution in [0.3, 0.4) is 0 Å². The molecule has 4 nitrogen and oxygen atoms in total. The molecule has 0 saturated heterocycles. The van der Waals surface area contributed by atoms with Gasteiger partial charge in [-0.25, -0.2) is 4.98 Å². The lowest BCUT2D eigenvalue weighted by Crippen LogP contribution is -1.86. The predicted molar refractivity (Wildman–Crippen MR) is 68.2 cm³/mol. The van der Waals surface area contributed by atoms with Crippen LogP contribution in [0.25, 0.3) is 10.4 Å². The quantitative estimate of drug-likeness (QED) is 0.612. The molecule has 0 atom stereocenters. The van der Waals surface area contributed by atoms with Crippen LogP contribution in [0.15, 0.2) is 30.5 Å². The summed E-state index contributed by atoms with van der Waals surface area (Å²) in [5.41, 5.74) is 1.10. The molecule has 0 aliphatic carbocycles. The second-order valence-corrected chi connectivity index (χ2v) is 4.79. The van der Waals surface area contributed by atoms with Gasteiger partial charge in [-0.15, -0.1) is 11.3 Å². The van der Waals surface area contributed by atoms with Crippen LogP contribution < -0.4 is 0 Å². The standard InChI is InChI=1S/C12H12N2O2S/c1-2-3-12-13-8-11(17-12)9-4-6-10(7-5-9)14(15)16/h4-8H,2-3H2,1H3. The second kappa shape index (κ2) is 5.05. The molecular formula is C12H12N2O2S. The lowest BCUT2D eigenvalue weighted by atomic mass is 10.2. The van der Waals surface area contributed by atoms with Crippen LogP contribution >= 0.6 is 11.3 Å². The molecule has 1 heterocycles. The van der Waals surface area contributed by atoms with E-state index in [1.165, 1.54) is 12.1 Å². The number of nitro groups is 1. The van der Waals surface area contributed by atoms with Crippen LogP contribution in [-0.4, -0.2) is 9.91 Å². The first-order valence-electron chi connectivity index (χ1n) is 5.40. The first-order valence-corrected chi connectivity index (χ1v) is 6.22. The van der Waals surface area contributed by atoms with Crippen molar-refractivity contribution in [1.29, 1.82) is 0 Å². The van der Waals surface area contributed by atoms with Crippen molar-refractivity contribution < 1.29 is 4.92 Å². The van der Waals surface area contributed by atoms with Gasteiger partial charge in [0.15, 0.2) is 0 Å². The van der Waals surface area contributed by atoms with Crippen LogP contribution in [0.4, 0.5) is 5.69 Å². The minimum Gasteiger partial charge on any atom is -0.258 e. The molecule has 2 rings (SSSR count). The molecule has 0 aliphatic rings. The number of aromatic nitrogens is 1.